The van der Waals surface area contributed by atoms with Gasteiger partial charge in [0, 0.05) is 24.0 Å². The van der Waals surface area contributed by atoms with Crippen molar-refractivity contribution in [3.63, 3.8) is 0 Å². The van der Waals surface area contributed by atoms with E-state index in [4.69, 9.17) is 0 Å². The first-order valence-electron chi connectivity index (χ1n) is 7.75. The number of rotatable bonds is 5. The minimum Gasteiger partial charge on any atom is -0.345 e. The van der Waals surface area contributed by atoms with Crippen LogP contribution in [0.1, 0.15) is 13.8 Å². The Kier molecular flexibility index (Phi) is 6.11. The highest BCUT2D eigenvalue weighted by atomic mass is 16.2. The number of hydrogen-bond acceptors (Lipinski definition) is 3. The van der Waals surface area contributed by atoms with E-state index in [2.05, 4.69) is 21.3 Å². The number of anilines is 3. The molecule has 0 aliphatic heterocycles. The van der Waals surface area contributed by atoms with E-state index < -0.39 is 6.04 Å². The number of para-hydroxylation sites is 1. The second-order valence-electron chi connectivity index (χ2n) is 5.43. The van der Waals surface area contributed by atoms with Crippen LogP contribution in [0, 0.1) is 0 Å². The first-order chi connectivity index (χ1) is 11.9. The summed E-state index contributed by atoms with van der Waals surface area (Å²) in [5, 5.41) is 10.6. The van der Waals surface area contributed by atoms with E-state index >= 15 is 0 Å². The Bertz CT molecular complexity index is 745. The number of urea groups is 1. The molecule has 25 heavy (non-hydrogen) atoms. The molecule has 7 nitrogen and oxygen atoms in total. The van der Waals surface area contributed by atoms with Gasteiger partial charge in [-0.25, -0.2) is 4.79 Å². The lowest BCUT2D eigenvalue weighted by atomic mass is 10.2. The maximum atomic E-state index is 11.9. The molecule has 0 aromatic heterocycles. The number of benzene rings is 2. The van der Waals surface area contributed by atoms with Gasteiger partial charge in [0.15, 0.2) is 0 Å². The summed E-state index contributed by atoms with van der Waals surface area (Å²) in [5.41, 5.74) is 1.84. The SMILES string of the molecule is CC(=O)NC(C)C(=O)Nc1ccc(NC(=O)Nc2ccccc2)cc1. The second-order valence-corrected chi connectivity index (χ2v) is 5.43. The Hall–Kier alpha value is -3.35. The molecule has 4 N–H and O–H groups in total. The van der Waals surface area contributed by atoms with Gasteiger partial charge in [-0.05, 0) is 43.3 Å². The number of nitrogens with one attached hydrogen (secondary N) is 4. The highest BCUT2D eigenvalue weighted by Gasteiger charge is 2.13. The third-order valence-electron chi connectivity index (χ3n) is 3.26. The zero-order valence-corrected chi connectivity index (χ0v) is 14.0. The van der Waals surface area contributed by atoms with Gasteiger partial charge in [0.1, 0.15) is 6.04 Å². The van der Waals surface area contributed by atoms with Crippen molar-refractivity contribution >= 4 is 34.9 Å². The molecule has 0 bridgehead atoms. The molecule has 4 amide bonds. The van der Waals surface area contributed by atoms with Crippen LogP contribution in [-0.2, 0) is 9.59 Å². The van der Waals surface area contributed by atoms with Gasteiger partial charge in [-0.15, -0.1) is 0 Å². The number of hydrogen-bond donors (Lipinski definition) is 4. The molecule has 1 unspecified atom stereocenters. The average molecular weight is 340 g/mol. The van der Waals surface area contributed by atoms with E-state index in [1.54, 1.807) is 43.3 Å². The lowest BCUT2D eigenvalue weighted by Gasteiger charge is -2.13. The predicted molar refractivity (Wildman–Crippen MR) is 97.4 cm³/mol. The van der Waals surface area contributed by atoms with Crippen molar-refractivity contribution < 1.29 is 14.4 Å². The summed E-state index contributed by atoms with van der Waals surface area (Å²) >= 11 is 0. The monoisotopic (exact) mass is 340 g/mol. The normalized spacial score (nSPS) is 11.1. The summed E-state index contributed by atoms with van der Waals surface area (Å²) in [7, 11) is 0. The van der Waals surface area contributed by atoms with E-state index in [-0.39, 0.29) is 17.8 Å². The maximum absolute atomic E-state index is 11.9. The summed E-state index contributed by atoms with van der Waals surface area (Å²) in [6.45, 7) is 2.95. The Balaban J connectivity index is 1.88. The summed E-state index contributed by atoms with van der Waals surface area (Å²) < 4.78 is 0. The van der Waals surface area contributed by atoms with E-state index in [0.717, 1.165) is 0 Å². The van der Waals surface area contributed by atoms with E-state index in [9.17, 15) is 14.4 Å². The summed E-state index contributed by atoms with van der Waals surface area (Å²) in [5.74, 6) is -0.593. The van der Waals surface area contributed by atoms with Crippen LogP contribution in [0.15, 0.2) is 54.6 Å². The lowest BCUT2D eigenvalue weighted by molar-refractivity contribution is -0.124. The van der Waals surface area contributed by atoms with Gasteiger partial charge in [0.2, 0.25) is 11.8 Å². The lowest BCUT2D eigenvalue weighted by Crippen LogP contribution is -2.40. The van der Waals surface area contributed by atoms with Gasteiger partial charge in [0.25, 0.3) is 0 Å². The molecule has 0 heterocycles. The molecule has 7 heteroatoms. The Morgan fingerprint density at radius 3 is 1.76 bits per heavy atom. The first kappa shape index (κ1) is 18.0. The number of carbonyl (C=O) groups excluding carboxylic acids is 3. The van der Waals surface area contributed by atoms with Crippen LogP contribution in [0.2, 0.25) is 0 Å². The van der Waals surface area contributed by atoms with Gasteiger partial charge in [-0.3, -0.25) is 9.59 Å². The zero-order valence-electron chi connectivity index (χ0n) is 14.0. The fourth-order valence-electron chi connectivity index (χ4n) is 2.07. The molecular formula is C18H20N4O3. The molecule has 0 aliphatic rings. The molecule has 2 aromatic carbocycles. The topological polar surface area (TPSA) is 99.3 Å². The van der Waals surface area contributed by atoms with Crippen LogP contribution in [-0.4, -0.2) is 23.9 Å². The Morgan fingerprint density at radius 2 is 1.24 bits per heavy atom. The third kappa shape index (κ3) is 5.98. The highest BCUT2D eigenvalue weighted by Crippen LogP contribution is 2.14. The van der Waals surface area contributed by atoms with Gasteiger partial charge in [-0.1, -0.05) is 18.2 Å². The van der Waals surface area contributed by atoms with Crippen LogP contribution in [0.4, 0.5) is 21.9 Å². The fraction of sp³-hybridized carbons (Fsp3) is 0.167. The summed E-state index contributed by atoms with van der Waals surface area (Å²) in [4.78, 5) is 34.8. The molecule has 0 radical (unpaired) electrons. The Morgan fingerprint density at radius 1 is 0.760 bits per heavy atom. The van der Waals surface area contributed by atoms with E-state index in [0.29, 0.717) is 17.1 Å². The van der Waals surface area contributed by atoms with Crippen molar-refractivity contribution in [2.45, 2.75) is 19.9 Å². The molecule has 0 spiro atoms. The average Bonchev–Trinajstić information content (AvgIpc) is 2.57. The fourth-order valence-corrected chi connectivity index (χ4v) is 2.07. The predicted octanol–water partition coefficient (Wildman–Crippen LogP) is 2.79. The molecule has 130 valence electrons. The van der Waals surface area contributed by atoms with Gasteiger partial charge >= 0.3 is 6.03 Å². The third-order valence-corrected chi connectivity index (χ3v) is 3.26. The summed E-state index contributed by atoms with van der Waals surface area (Å²) in [6, 6.07) is 14.8. The van der Waals surface area contributed by atoms with Crippen molar-refractivity contribution in [3.8, 4) is 0 Å². The van der Waals surface area contributed by atoms with Gasteiger partial charge in [0.05, 0.1) is 0 Å². The van der Waals surface area contributed by atoms with E-state index in [1.165, 1.54) is 6.92 Å². The zero-order chi connectivity index (χ0) is 18.2. The van der Waals surface area contributed by atoms with Crippen LogP contribution >= 0.6 is 0 Å². The van der Waals surface area contributed by atoms with Crippen LogP contribution < -0.4 is 21.3 Å². The minimum atomic E-state index is -0.632. The quantitative estimate of drug-likeness (QED) is 0.673. The van der Waals surface area contributed by atoms with Crippen LogP contribution in [0.5, 0.6) is 0 Å². The van der Waals surface area contributed by atoms with Crippen molar-refractivity contribution in [1.82, 2.24) is 5.32 Å². The van der Waals surface area contributed by atoms with Crippen LogP contribution in [0.3, 0.4) is 0 Å². The second kappa shape index (κ2) is 8.49. The highest BCUT2D eigenvalue weighted by molar-refractivity contribution is 6.00. The molecule has 2 rings (SSSR count). The molecule has 1 atom stereocenters. The molecule has 0 fully saturated rings. The molecule has 0 saturated heterocycles. The van der Waals surface area contributed by atoms with Gasteiger partial charge in [-0.2, -0.15) is 0 Å². The van der Waals surface area contributed by atoms with Crippen molar-refractivity contribution in [1.29, 1.82) is 0 Å². The molecule has 0 saturated carbocycles. The number of carbonyl (C=O) groups is 3. The van der Waals surface area contributed by atoms with Crippen molar-refractivity contribution in [2.75, 3.05) is 16.0 Å². The Labute approximate surface area is 145 Å². The minimum absolute atomic E-state index is 0.272. The van der Waals surface area contributed by atoms with Crippen molar-refractivity contribution in [2.24, 2.45) is 0 Å². The van der Waals surface area contributed by atoms with Crippen LogP contribution in [0.25, 0.3) is 0 Å². The van der Waals surface area contributed by atoms with E-state index in [1.807, 2.05) is 18.2 Å². The maximum Gasteiger partial charge on any atom is 0.323 e. The molecule has 2 aromatic rings. The number of amides is 4. The van der Waals surface area contributed by atoms with Crippen molar-refractivity contribution in [3.05, 3.63) is 54.6 Å². The molecule has 0 aliphatic carbocycles. The molecular weight excluding hydrogens is 320 g/mol. The first-order valence-corrected chi connectivity index (χ1v) is 7.75. The van der Waals surface area contributed by atoms with Gasteiger partial charge < -0.3 is 21.3 Å². The summed E-state index contributed by atoms with van der Waals surface area (Å²) in [6.07, 6.45) is 0. The smallest absolute Gasteiger partial charge is 0.323 e. The largest absolute Gasteiger partial charge is 0.345 e. The standard InChI is InChI=1S/C18H20N4O3/c1-12(19-13(2)23)17(24)20-15-8-10-16(11-9-15)22-18(25)21-14-6-4-3-5-7-14/h3-12H,1-2H3,(H,19,23)(H,20,24)(H2,21,22,25).